The van der Waals surface area contributed by atoms with Crippen molar-refractivity contribution in [3.05, 3.63) is 23.5 Å². The van der Waals surface area contributed by atoms with Crippen LogP contribution in [-0.4, -0.2) is 42.4 Å². The molecule has 2 aromatic rings. The smallest absolute Gasteiger partial charge is 0.155 e. The standard InChI is InChI=1S/C15H18ClN3O2/c1-10(2)21-12-9-13(19-5-7-20-8-6-19)18-14-11(12)3-4-17-15(14)16/h3-4,9-10H,5-8H2,1-2H3. The summed E-state index contributed by atoms with van der Waals surface area (Å²) < 4.78 is 11.3. The van der Waals surface area contributed by atoms with E-state index in [0.717, 1.165) is 30.0 Å². The van der Waals surface area contributed by atoms with Gasteiger partial charge in [0.1, 0.15) is 17.1 Å². The van der Waals surface area contributed by atoms with E-state index in [0.29, 0.717) is 23.9 Å². The molecule has 0 bridgehead atoms. The third kappa shape index (κ3) is 3.04. The zero-order chi connectivity index (χ0) is 14.8. The van der Waals surface area contributed by atoms with E-state index < -0.39 is 0 Å². The summed E-state index contributed by atoms with van der Waals surface area (Å²) in [6, 6.07) is 3.86. The van der Waals surface area contributed by atoms with Gasteiger partial charge in [-0.15, -0.1) is 0 Å². The molecule has 0 N–H and O–H groups in total. The zero-order valence-corrected chi connectivity index (χ0v) is 12.9. The maximum atomic E-state index is 6.20. The SMILES string of the molecule is CC(C)Oc1cc(N2CCOCC2)nc2c(Cl)nccc12. The molecule has 0 aromatic carbocycles. The van der Waals surface area contributed by atoms with Crippen LogP contribution in [0.15, 0.2) is 18.3 Å². The zero-order valence-electron chi connectivity index (χ0n) is 12.2. The van der Waals surface area contributed by atoms with E-state index in [1.165, 1.54) is 0 Å². The topological polar surface area (TPSA) is 47.5 Å². The molecule has 1 aliphatic rings. The van der Waals surface area contributed by atoms with Crippen molar-refractivity contribution in [1.82, 2.24) is 9.97 Å². The Balaban J connectivity index is 2.10. The van der Waals surface area contributed by atoms with E-state index in [2.05, 4.69) is 14.9 Å². The van der Waals surface area contributed by atoms with Crippen LogP contribution in [0.5, 0.6) is 5.75 Å². The highest BCUT2D eigenvalue weighted by atomic mass is 35.5. The first-order valence-corrected chi connectivity index (χ1v) is 7.47. The van der Waals surface area contributed by atoms with Gasteiger partial charge in [0.05, 0.1) is 19.3 Å². The molecule has 0 saturated carbocycles. The fourth-order valence-corrected chi connectivity index (χ4v) is 2.58. The van der Waals surface area contributed by atoms with Gasteiger partial charge >= 0.3 is 0 Å². The molecule has 0 spiro atoms. The molecule has 1 saturated heterocycles. The summed E-state index contributed by atoms with van der Waals surface area (Å²) in [6.45, 7) is 7.06. The van der Waals surface area contributed by atoms with Gasteiger partial charge in [0.2, 0.25) is 0 Å². The molecule has 21 heavy (non-hydrogen) atoms. The third-order valence-electron chi connectivity index (χ3n) is 3.33. The van der Waals surface area contributed by atoms with Crippen molar-refractivity contribution in [3.8, 4) is 5.75 Å². The number of rotatable bonds is 3. The van der Waals surface area contributed by atoms with Gasteiger partial charge < -0.3 is 14.4 Å². The molecule has 5 nitrogen and oxygen atoms in total. The summed E-state index contributed by atoms with van der Waals surface area (Å²) >= 11 is 6.20. The van der Waals surface area contributed by atoms with E-state index in [9.17, 15) is 0 Å². The minimum atomic E-state index is 0.0834. The van der Waals surface area contributed by atoms with Crippen LogP contribution in [-0.2, 0) is 4.74 Å². The lowest BCUT2D eigenvalue weighted by atomic mass is 10.2. The third-order valence-corrected chi connectivity index (χ3v) is 3.61. The van der Waals surface area contributed by atoms with E-state index >= 15 is 0 Å². The van der Waals surface area contributed by atoms with E-state index in [1.54, 1.807) is 6.20 Å². The van der Waals surface area contributed by atoms with Gasteiger partial charge in [-0.1, -0.05) is 11.6 Å². The molecule has 0 amide bonds. The van der Waals surface area contributed by atoms with Gasteiger partial charge in [-0.25, -0.2) is 9.97 Å². The fourth-order valence-electron chi connectivity index (χ4n) is 2.38. The number of pyridine rings is 2. The summed E-state index contributed by atoms with van der Waals surface area (Å²) in [5, 5.41) is 1.29. The van der Waals surface area contributed by atoms with Gasteiger partial charge in [0, 0.05) is 30.7 Å². The summed E-state index contributed by atoms with van der Waals surface area (Å²) in [4.78, 5) is 11.0. The Hall–Kier alpha value is -1.59. The van der Waals surface area contributed by atoms with Crippen LogP contribution >= 0.6 is 11.6 Å². The van der Waals surface area contributed by atoms with Crippen molar-refractivity contribution in [2.75, 3.05) is 31.2 Å². The second-order valence-electron chi connectivity index (χ2n) is 5.24. The number of morpholine rings is 1. The van der Waals surface area contributed by atoms with Crippen molar-refractivity contribution < 1.29 is 9.47 Å². The first-order valence-electron chi connectivity index (χ1n) is 7.10. The monoisotopic (exact) mass is 307 g/mol. The van der Waals surface area contributed by atoms with Gasteiger partial charge in [-0.3, -0.25) is 0 Å². The van der Waals surface area contributed by atoms with Crippen LogP contribution in [0, 0.1) is 0 Å². The molecule has 0 radical (unpaired) electrons. The van der Waals surface area contributed by atoms with E-state index in [-0.39, 0.29) is 6.10 Å². The maximum absolute atomic E-state index is 6.20. The van der Waals surface area contributed by atoms with Crippen molar-refractivity contribution in [2.45, 2.75) is 20.0 Å². The lowest BCUT2D eigenvalue weighted by molar-refractivity contribution is 0.122. The van der Waals surface area contributed by atoms with Gasteiger partial charge in [-0.05, 0) is 19.9 Å². The molecule has 0 aliphatic carbocycles. The van der Waals surface area contributed by atoms with Crippen LogP contribution in [0.1, 0.15) is 13.8 Å². The minimum absolute atomic E-state index is 0.0834. The van der Waals surface area contributed by atoms with Crippen LogP contribution in [0.25, 0.3) is 10.9 Å². The van der Waals surface area contributed by atoms with Crippen LogP contribution in [0.3, 0.4) is 0 Å². The Labute approximate surface area is 128 Å². The summed E-state index contributed by atoms with van der Waals surface area (Å²) in [5.74, 6) is 1.65. The molecule has 6 heteroatoms. The number of anilines is 1. The Morgan fingerprint density at radius 2 is 2.10 bits per heavy atom. The van der Waals surface area contributed by atoms with E-state index in [4.69, 9.17) is 21.1 Å². The first kappa shape index (κ1) is 14.4. The highest BCUT2D eigenvalue weighted by Gasteiger charge is 2.17. The van der Waals surface area contributed by atoms with Crippen LogP contribution < -0.4 is 9.64 Å². The predicted molar refractivity (Wildman–Crippen MR) is 83.3 cm³/mol. The first-order chi connectivity index (χ1) is 10.1. The highest BCUT2D eigenvalue weighted by molar-refractivity contribution is 6.34. The maximum Gasteiger partial charge on any atom is 0.155 e. The van der Waals surface area contributed by atoms with E-state index in [1.807, 2.05) is 26.0 Å². The number of hydrogen-bond acceptors (Lipinski definition) is 5. The number of hydrogen-bond donors (Lipinski definition) is 0. The summed E-state index contributed by atoms with van der Waals surface area (Å²) in [5.41, 5.74) is 0.679. The van der Waals surface area contributed by atoms with Crippen LogP contribution in [0.2, 0.25) is 5.15 Å². The second kappa shape index (κ2) is 6.03. The molecule has 2 aromatic heterocycles. The van der Waals surface area contributed by atoms with Gasteiger partial charge in [0.25, 0.3) is 0 Å². The molecule has 3 rings (SSSR count). The summed E-state index contributed by atoms with van der Waals surface area (Å²) in [6.07, 6.45) is 1.76. The molecular formula is C15H18ClN3O2. The summed E-state index contributed by atoms with van der Waals surface area (Å²) in [7, 11) is 0. The number of fused-ring (bicyclic) bond motifs is 1. The Morgan fingerprint density at radius 3 is 2.81 bits per heavy atom. The molecule has 1 fully saturated rings. The lowest BCUT2D eigenvalue weighted by Gasteiger charge is -2.28. The Bertz CT molecular complexity index is 642. The van der Waals surface area contributed by atoms with Crippen molar-refractivity contribution in [1.29, 1.82) is 0 Å². The highest BCUT2D eigenvalue weighted by Crippen LogP contribution is 2.32. The number of halogens is 1. The molecular weight excluding hydrogens is 290 g/mol. The quantitative estimate of drug-likeness (QED) is 0.816. The van der Waals surface area contributed by atoms with Crippen molar-refractivity contribution in [3.63, 3.8) is 0 Å². The predicted octanol–water partition coefficient (Wildman–Crippen LogP) is 2.91. The second-order valence-corrected chi connectivity index (χ2v) is 5.60. The fraction of sp³-hybridized carbons (Fsp3) is 0.467. The Kier molecular flexibility index (Phi) is 4.12. The Morgan fingerprint density at radius 1 is 1.33 bits per heavy atom. The minimum Gasteiger partial charge on any atom is -0.490 e. The number of aromatic nitrogens is 2. The number of nitrogens with zero attached hydrogens (tertiary/aromatic N) is 3. The average Bonchev–Trinajstić information content (AvgIpc) is 2.48. The molecule has 0 atom stereocenters. The normalized spacial score (nSPS) is 15.7. The van der Waals surface area contributed by atoms with Gasteiger partial charge in [0.15, 0.2) is 5.15 Å². The lowest BCUT2D eigenvalue weighted by Crippen LogP contribution is -2.36. The van der Waals surface area contributed by atoms with Gasteiger partial charge in [-0.2, -0.15) is 0 Å². The molecule has 112 valence electrons. The molecule has 1 aliphatic heterocycles. The van der Waals surface area contributed by atoms with Crippen molar-refractivity contribution >= 4 is 28.3 Å². The molecule has 0 unspecified atom stereocenters. The number of ether oxygens (including phenoxy) is 2. The van der Waals surface area contributed by atoms with Crippen molar-refractivity contribution in [2.24, 2.45) is 0 Å². The average molecular weight is 308 g/mol. The largest absolute Gasteiger partial charge is 0.490 e. The molecule has 3 heterocycles. The van der Waals surface area contributed by atoms with Crippen LogP contribution in [0.4, 0.5) is 5.82 Å².